The van der Waals surface area contributed by atoms with Gasteiger partial charge in [-0.15, -0.1) is 0 Å². The van der Waals surface area contributed by atoms with Crippen molar-refractivity contribution in [3.05, 3.63) is 0 Å². The highest BCUT2D eigenvalue weighted by Crippen LogP contribution is 2.49. The number of unbranched alkanes of at least 4 members (excludes halogenated alkanes) is 2. The average Bonchev–Trinajstić information content (AvgIpc) is 2.29. The molecular formula is C12H25O5P. The molecule has 0 aromatic carbocycles. The minimum atomic E-state index is -3.10. The summed E-state index contributed by atoms with van der Waals surface area (Å²) in [6.07, 6.45) is 4.10. The molecule has 0 radical (unpaired) electrons. The third-order valence-electron chi connectivity index (χ3n) is 2.39. The molecule has 18 heavy (non-hydrogen) atoms. The highest BCUT2D eigenvalue weighted by molar-refractivity contribution is 7.53. The predicted molar refractivity (Wildman–Crippen MR) is 71.1 cm³/mol. The van der Waals surface area contributed by atoms with Gasteiger partial charge >= 0.3 is 13.6 Å². The number of aliphatic carboxylic acids is 1. The first-order valence-corrected chi connectivity index (χ1v) is 8.36. The summed E-state index contributed by atoms with van der Waals surface area (Å²) in [6.45, 7) is 4.87. The molecule has 6 heteroatoms. The van der Waals surface area contributed by atoms with Gasteiger partial charge in [0.1, 0.15) is 0 Å². The van der Waals surface area contributed by atoms with Gasteiger partial charge in [-0.25, -0.2) is 0 Å². The summed E-state index contributed by atoms with van der Waals surface area (Å²) in [6, 6.07) is 0. The summed E-state index contributed by atoms with van der Waals surface area (Å²) in [5, 5.41) is 8.57. The summed E-state index contributed by atoms with van der Waals surface area (Å²) < 4.78 is 23.0. The molecule has 0 fully saturated rings. The van der Waals surface area contributed by atoms with Gasteiger partial charge in [0.15, 0.2) is 0 Å². The molecule has 108 valence electrons. The van der Waals surface area contributed by atoms with Gasteiger partial charge in [-0.05, 0) is 19.3 Å². The molecule has 0 aliphatic carbocycles. The van der Waals surface area contributed by atoms with Crippen molar-refractivity contribution in [3.8, 4) is 0 Å². The van der Waals surface area contributed by atoms with E-state index in [1.807, 2.05) is 13.8 Å². The molecule has 0 saturated carbocycles. The van der Waals surface area contributed by atoms with Gasteiger partial charge < -0.3 is 14.2 Å². The smallest absolute Gasteiger partial charge is 0.330 e. The molecule has 0 aromatic heterocycles. The van der Waals surface area contributed by atoms with Crippen molar-refractivity contribution in [2.45, 2.75) is 52.4 Å². The average molecular weight is 280 g/mol. The standard InChI is InChI=1S/C12H25O5P/c1-3-5-9-16-18(15,17-10-6-4-2)11-7-8-12(13)14/h3-11H2,1-2H3,(H,13,14). The van der Waals surface area contributed by atoms with Gasteiger partial charge in [0.25, 0.3) is 0 Å². The number of carbonyl (C=O) groups is 1. The molecule has 0 aromatic rings. The van der Waals surface area contributed by atoms with Crippen molar-refractivity contribution in [2.24, 2.45) is 0 Å². The van der Waals surface area contributed by atoms with E-state index >= 15 is 0 Å². The molecule has 5 nitrogen and oxygen atoms in total. The van der Waals surface area contributed by atoms with Gasteiger partial charge in [-0.1, -0.05) is 26.7 Å². The lowest BCUT2D eigenvalue weighted by atomic mass is 10.3. The van der Waals surface area contributed by atoms with Crippen molar-refractivity contribution < 1.29 is 23.5 Å². The minimum Gasteiger partial charge on any atom is -0.481 e. The molecule has 0 saturated heterocycles. The Kier molecular flexibility index (Phi) is 10.3. The fraction of sp³-hybridized carbons (Fsp3) is 0.917. The van der Waals surface area contributed by atoms with Crippen LogP contribution in [0.25, 0.3) is 0 Å². The zero-order valence-corrected chi connectivity index (χ0v) is 12.3. The van der Waals surface area contributed by atoms with Crippen LogP contribution in [0.15, 0.2) is 0 Å². The molecule has 1 N–H and O–H groups in total. The SMILES string of the molecule is CCCCOP(=O)(CCCC(=O)O)OCCCC. The van der Waals surface area contributed by atoms with E-state index in [9.17, 15) is 9.36 Å². The van der Waals surface area contributed by atoms with Crippen LogP contribution in [0.5, 0.6) is 0 Å². The van der Waals surface area contributed by atoms with Crippen molar-refractivity contribution in [3.63, 3.8) is 0 Å². The van der Waals surface area contributed by atoms with Crippen LogP contribution in [0, 0.1) is 0 Å². The van der Waals surface area contributed by atoms with Gasteiger partial charge in [0, 0.05) is 6.42 Å². The maximum Gasteiger partial charge on any atom is 0.330 e. The molecule has 0 rings (SSSR count). The lowest BCUT2D eigenvalue weighted by Gasteiger charge is -2.18. The monoisotopic (exact) mass is 280 g/mol. The van der Waals surface area contributed by atoms with Crippen LogP contribution in [0.4, 0.5) is 0 Å². The van der Waals surface area contributed by atoms with E-state index in [1.54, 1.807) is 0 Å². The number of hydrogen-bond donors (Lipinski definition) is 1. The van der Waals surface area contributed by atoms with Crippen LogP contribution in [0.3, 0.4) is 0 Å². The van der Waals surface area contributed by atoms with E-state index < -0.39 is 13.6 Å². The summed E-state index contributed by atoms with van der Waals surface area (Å²) in [5.41, 5.74) is 0. The number of hydrogen-bond acceptors (Lipinski definition) is 4. The summed E-state index contributed by atoms with van der Waals surface area (Å²) in [7, 11) is -3.10. The number of rotatable bonds is 12. The van der Waals surface area contributed by atoms with Gasteiger partial charge in [-0.2, -0.15) is 0 Å². The Morgan fingerprint density at radius 1 is 1.06 bits per heavy atom. The van der Waals surface area contributed by atoms with Crippen LogP contribution < -0.4 is 0 Å². The largest absolute Gasteiger partial charge is 0.481 e. The van der Waals surface area contributed by atoms with Gasteiger partial charge in [0.05, 0.1) is 19.4 Å². The van der Waals surface area contributed by atoms with E-state index in [1.165, 1.54) is 0 Å². The van der Waals surface area contributed by atoms with Crippen LogP contribution >= 0.6 is 7.60 Å². The third-order valence-corrected chi connectivity index (χ3v) is 4.41. The molecule has 0 spiro atoms. The van der Waals surface area contributed by atoms with Crippen LogP contribution in [0.2, 0.25) is 0 Å². The summed E-state index contributed by atoms with van der Waals surface area (Å²) in [5.74, 6) is -0.885. The highest BCUT2D eigenvalue weighted by atomic mass is 31.2. The second-order valence-electron chi connectivity index (χ2n) is 4.21. The third kappa shape index (κ3) is 9.63. The molecule has 0 aliphatic rings. The first-order valence-electron chi connectivity index (χ1n) is 6.64. The fourth-order valence-corrected chi connectivity index (χ4v) is 2.98. The van der Waals surface area contributed by atoms with E-state index in [4.69, 9.17) is 14.2 Å². The number of carboxylic acids is 1. The Bertz CT molecular complexity index is 253. The molecule has 0 aliphatic heterocycles. The van der Waals surface area contributed by atoms with Crippen molar-refractivity contribution in [1.29, 1.82) is 0 Å². The lowest BCUT2D eigenvalue weighted by Crippen LogP contribution is -2.05. The Labute approximate surface area is 109 Å². The Balaban J connectivity index is 4.11. The maximum atomic E-state index is 12.3. The minimum absolute atomic E-state index is 0.00172. The first-order chi connectivity index (χ1) is 8.54. The van der Waals surface area contributed by atoms with E-state index in [0.717, 1.165) is 25.7 Å². The highest BCUT2D eigenvalue weighted by Gasteiger charge is 2.24. The number of carboxylic acid groups (broad SMARTS) is 1. The van der Waals surface area contributed by atoms with Gasteiger partial charge in [-0.3, -0.25) is 9.36 Å². The quantitative estimate of drug-likeness (QED) is 0.436. The van der Waals surface area contributed by atoms with E-state index in [0.29, 0.717) is 19.6 Å². The second-order valence-corrected chi connectivity index (χ2v) is 6.39. The topological polar surface area (TPSA) is 72.8 Å². The van der Waals surface area contributed by atoms with Crippen molar-refractivity contribution in [1.82, 2.24) is 0 Å². The Hall–Kier alpha value is -0.380. The second kappa shape index (κ2) is 10.5. The lowest BCUT2D eigenvalue weighted by molar-refractivity contribution is -0.137. The van der Waals surface area contributed by atoms with Crippen LogP contribution in [-0.2, 0) is 18.4 Å². The molecule has 0 heterocycles. The Morgan fingerprint density at radius 2 is 1.56 bits per heavy atom. The first kappa shape index (κ1) is 17.6. The van der Waals surface area contributed by atoms with Crippen LogP contribution in [0.1, 0.15) is 52.4 Å². The Morgan fingerprint density at radius 3 is 1.94 bits per heavy atom. The zero-order chi connectivity index (χ0) is 13.9. The molecule has 0 atom stereocenters. The normalized spacial score (nSPS) is 11.7. The zero-order valence-electron chi connectivity index (χ0n) is 11.4. The van der Waals surface area contributed by atoms with Crippen molar-refractivity contribution in [2.75, 3.05) is 19.4 Å². The van der Waals surface area contributed by atoms with Crippen molar-refractivity contribution >= 4 is 13.6 Å². The predicted octanol–water partition coefficient (Wildman–Crippen LogP) is 3.68. The molecule has 0 bridgehead atoms. The van der Waals surface area contributed by atoms with Crippen LogP contribution in [-0.4, -0.2) is 30.5 Å². The van der Waals surface area contributed by atoms with Gasteiger partial charge in [0.2, 0.25) is 0 Å². The summed E-state index contributed by atoms with van der Waals surface area (Å²) in [4.78, 5) is 10.4. The molecule has 0 unspecified atom stereocenters. The summed E-state index contributed by atoms with van der Waals surface area (Å²) >= 11 is 0. The van der Waals surface area contributed by atoms with E-state index in [-0.39, 0.29) is 12.6 Å². The molecule has 0 amide bonds. The fourth-order valence-electron chi connectivity index (χ4n) is 1.29. The maximum absolute atomic E-state index is 12.3. The molecular weight excluding hydrogens is 255 g/mol. The van der Waals surface area contributed by atoms with E-state index in [2.05, 4.69) is 0 Å².